The van der Waals surface area contributed by atoms with Crippen molar-refractivity contribution in [2.75, 3.05) is 27.3 Å². The first-order valence-electron chi connectivity index (χ1n) is 3.88. The summed E-state index contributed by atoms with van der Waals surface area (Å²) in [5.74, 6) is 0. The van der Waals surface area contributed by atoms with Crippen molar-refractivity contribution in [3.05, 3.63) is 0 Å². The van der Waals surface area contributed by atoms with E-state index < -0.39 is 0 Å². The lowest BCUT2D eigenvalue weighted by Crippen LogP contribution is -2.47. The Morgan fingerprint density at radius 2 is 1.83 bits per heavy atom. The van der Waals surface area contributed by atoms with Crippen LogP contribution < -0.4 is 0 Å². The highest BCUT2D eigenvalue weighted by Crippen LogP contribution is 2.24. The van der Waals surface area contributed by atoms with Gasteiger partial charge in [-0.05, 0) is 14.1 Å². The van der Waals surface area contributed by atoms with Gasteiger partial charge in [0.15, 0.2) is 0 Å². The first kappa shape index (κ1) is 11.7. The average molecular weight is 191 g/mol. The van der Waals surface area contributed by atoms with Crippen molar-refractivity contribution in [2.24, 2.45) is 0 Å². The van der Waals surface area contributed by atoms with Gasteiger partial charge in [0.1, 0.15) is 5.54 Å². The minimum Gasteiger partial charge on any atom is -0.381 e. The summed E-state index contributed by atoms with van der Waals surface area (Å²) in [6.45, 7) is 1.43. The molecule has 0 atom stereocenters. The second kappa shape index (κ2) is 4.66. The van der Waals surface area contributed by atoms with Gasteiger partial charge in [-0.1, -0.05) is 0 Å². The van der Waals surface area contributed by atoms with Crippen LogP contribution in [0.5, 0.6) is 0 Å². The number of halogens is 1. The summed E-state index contributed by atoms with van der Waals surface area (Å²) in [4.78, 5) is 2.00. The van der Waals surface area contributed by atoms with Gasteiger partial charge >= 0.3 is 0 Å². The lowest BCUT2D eigenvalue weighted by Gasteiger charge is -2.36. The van der Waals surface area contributed by atoms with Crippen LogP contribution in [-0.4, -0.2) is 37.7 Å². The zero-order valence-electron chi connectivity index (χ0n) is 7.54. The fourth-order valence-electron chi connectivity index (χ4n) is 1.37. The van der Waals surface area contributed by atoms with E-state index in [0.29, 0.717) is 13.2 Å². The molecule has 0 aliphatic carbocycles. The molecule has 0 unspecified atom stereocenters. The molecule has 0 aromatic rings. The molecule has 1 fully saturated rings. The van der Waals surface area contributed by atoms with E-state index >= 15 is 0 Å². The van der Waals surface area contributed by atoms with Crippen LogP contribution in [0.3, 0.4) is 0 Å². The van der Waals surface area contributed by atoms with Crippen LogP contribution in [0, 0.1) is 11.3 Å². The van der Waals surface area contributed by atoms with E-state index in [0.717, 1.165) is 12.8 Å². The SMILES string of the molecule is CN(C)C1(C#N)CCOCC1.Cl. The number of hydrogen-bond donors (Lipinski definition) is 0. The van der Waals surface area contributed by atoms with Gasteiger partial charge in [0.25, 0.3) is 0 Å². The Morgan fingerprint density at radius 3 is 2.08 bits per heavy atom. The highest BCUT2D eigenvalue weighted by atomic mass is 35.5. The van der Waals surface area contributed by atoms with Crippen molar-refractivity contribution in [3.63, 3.8) is 0 Å². The Balaban J connectivity index is 0.00000121. The fourth-order valence-corrected chi connectivity index (χ4v) is 1.37. The van der Waals surface area contributed by atoms with Gasteiger partial charge in [0.05, 0.1) is 6.07 Å². The van der Waals surface area contributed by atoms with E-state index in [1.54, 1.807) is 0 Å². The minimum absolute atomic E-state index is 0. The maximum Gasteiger partial charge on any atom is 0.113 e. The summed E-state index contributed by atoms with van der Waals surface area (Å²) >= 11 is 0. The molecule has 1 aliphatic rings. The summed E-state index contributed by atoms with van der Waals surface area (Å²) in [7, 11) is 3.91. The lowest BCUT2D eigenvalue weighted by molar-refractivity contribution is 0.0206. The molecule has 12 heavy (non-hydrogen) atoms. The number of ether oxygens (including phenoxy) is 1. The third-order valence-electron chi connectivity index (χ3n) is 2.38. The quantitative estimate of drug-likeness (QED) is 0.620. The van der Waals surface area contributed by atoms with Crippen LogP contribution in [0.25, 0.3) is 0 Å². The Labute approximate surface area is 79.7 Å². The number of hydrogen-bond acceptors (Lipinski definition) is 3. The van der Waals surface area contributed by atoms with Gasteiger partial charge in [-0.2, -0.15) is 5.26 Å². The molecule has 1 rings (SSSR count). The van der Waals surface area contributed by atoms with Crippen molar-refractivity contribution >= 4 is 12.4 Å². The van der Waals surface area contributed by atoms with Crippen LogP contribution in [-0.2, 0) is 4.74 Å². The number of rotatable bonds is 1. The van der Waals surface area contributed by atoms with Crippen molar-refractivity contribution in [3.8, 4) is 6.07 Å². The molecular weight excluding hydrogens is 176 g/mol. The minimum atomic E-state index is -0.266. The molecular formula is C8H15ClN2O. The standard InChI is InChI=1S/C8H14N2O.ClH/c1-10(2)8(7-9)3-5-11-6-4-8;/h3-6H2,1-2H3;1H. The maximum atomic E-state index is 8.96. The largest absolute Gasteiger partial charge is 0.381 e. The normalized spacial score (nSPS) is 21.2. The maximum absolute atomic E-state index is 8.96. The molecule has 0 radical (unpaired) electrons. The van der Waals surface area contributed by atoms with Crippen molar-refractivity contribution in [1.29, 1.82) is 5.26 Å². The highest BCUT2D eigenvalue weighted by Gasteiger charge is 2.34. The third kappa shape index (κ3) is 2.10. The summed E-state index contributed by atoms with van der Waals surface area (Å²) in [5, 5.41) is 8.96. The summed E-state index contributed by atoms with van der Waals surface area (Å²) in [5.41, 5.74) is -0.266. The second-order valence-corrected chi connectivity index (χ2v) is 3.15. The molecule has 1 saturated heterocycles. The topological polar surface area (TPSA) is 36.3 Å². The number of nitriles is 1. The van der Waals surface area contributed by atoms with Crippen molar-refractivity contribution < 1.29 is 4.74 Å². The zero-order chi connectivity index (χ0) is 8.32. The molecule has 1 heterocycles. The van der Waals surface area contributed by atoms with E-state index in [2.05, 4.69) is 6.07 Å². The summed E-state index contributed by atoms with van der Waals surface area (Å²) < 4.78 is 5.20. The average Bonchev–Trinajstić information content (AvgIpc) is 2.05. The Hall–Kier alpha value is -0.300. The first-order valence-corrected chi connectivity index (χ1v) is 3.88. The fraction of sp³-hybridized carbons (Fsp3) is 0.875. The lowest BCUT2D eigenvalue weighted by atomic mass is 9.91. The smallest absolute Gasteiger partial charge is 0.113 e. The van der Waals surface area contributed by atoms with Gasteiger partial charge < -0.3 is 4.74 Å². The number of nitrogens with zero attached hydrogens (tertiary/aromatic N) is 2. The highest BCUT2D eigenvalue weighted by molar-refractivity contribution is 5.85. The van der Waals surface area contributed by atoms with Crippen LogP contribution in [0.1, 0.15) is 12.8 Å². The predicted molar refractivity (Wildman–Crippen MR) is 49.3 cm³/mol. The Morgan fingerprint density at radius 1 is 1.33 bits per heavy atom. The van der Waals surface area contributed by atoms with Crippen molar-refractivity contribution in [1.82, 2.24) is 4.90 Å². The molecule has 0 saturated carbocycles. The van der Waals surface area contributed by atoms with Crippen LogP contribution >= 0.6 is 12.4 Å². The van der Waals surface area contributed by atoms with Crippen LogP contribution in [0.4, 0.5) is 0 Å². The molecule has 0 aromatic heterocycles. The predicted octanol–water partition coefficient (Wildman–Crippen LogP) is 1.04. The first-order chi connectivity index (χ1) is 5.21. The molecule has 0 N–H and O–H groups in total. The molecule has 70 valence electrons. The van der Waals surface area contributed by atoms with Gasteiger partial charge in [-0.25, -0.2) is 0 Å². The van der Waals surface area contributed by atoms with E-state index in [1.807, 2.05) is 19.0 Å². The van der Waals surface area contributed by atoms with Gasteiger partial charge in [0.2, 0.25) is 0 Å². The molecule has 0 bridgehead atoms. The molecule has 0 spiro atoms. The van der Waals surface area contributed by atoms with E-state index in [-0.39, 0.29) is 17.9 Å². The molecule has 4 heteroatoms. The monoisotopic (exact) mass is 190 g/mol. The Kier molecular flexibility index (Phi) is 4.54. The molecule has 3 nitrogen and oxygen atoms in total. The Bertz CT molecular complexity index is 170. The third-order valence-corrected chi connectivity index (χ3v) is 2.38. The summed E-state index contributed by atoms with van der Waals surface area (Å²) in [6, 6.07) is 2.36. The van der Waals surface area contributed by atoms with E-state index in [4.69, 9.17) is 10.00 Å². The summed E-state index contributed by atoms with van der Waals surface area (Å²) in [6.07, 6.45) is 1.66. The van der Waals surface area contributed by atoms with Crippen molar-refractivity contribution in [2.45, 2.75) is 18.4 Å². The van der Waals surface area contributed by atoms with E-state index in [9.17, 15) is 0 Å². The second-order valence-electron chi connectivity index (χ2n) is 3.15. The van der Waals surface area contributed by atoms with Crippen LogP contribution in [0.2, 0.25) is 0 Å². The van der Waals surface area contributed by atoms with E-state index in [1.165, 1.54) is 0 Å². The van der Waals surface area contributed by atoms with Gasteiger partial charge in [0, 0.05) is 26.1 Å². The molecule has 0 aromatic carbocycles. The zero-order valence-corrected chi connectivity index (χ0v) is 8.36. The molecule has 0 amide bonds. The van der Waals surface area contributed by atoms with Gasteiger partial charge in [-0.15, -0.1) is 12.4 Å². The molecule has 1 aliphatic heterocycles. The van der Waals surface area contributed by atoms with Gasteiger partial charge in [-0.3, -0.25) is 4.90 Å². The van der Waals surface area contributed by atoms with Crippen LogP contribution in [0.15, 0.2) is 0 Å².